The largest absolute Gasteiger partial charge is 0.466 e. The van der Waals surface area contributed by atoms with Crippen molar-refractivity contribution in [1.29, 1.82) is 0 Å². The predicted molar refractivity (Wildman–Crippen MR) is 70.3 cm³/mol. The zero-order valence-corrected chi connectivity index (χ0v) is 12.0. The molecule has 1 fully saturated rings. The lowest BCUT2D eigenvalue weighted by Crippen LogP contribution is -2.39. The molecule has 6 heteroatoms. The number of hydrogen-bond acceptors (Lipinski definition) is 3. The van der Waals surface area contributed by atoms with E-state index in [-0.39, 0.29) is 18.8 Å². The van der Waals surface area contributed by atoms with E-state index in [1.807, 2.05) is 0 Å². The summed E-state index contributed by atoms with van der Waals surface area (Å²) in [6.45, 7) is 4.08. The van der Waals surface area contributed by atoms with Gasteiger partial charge in [-0.15, -0.1) is 0 Å². The molecule has 0 radical (unpaired) electrons. The lowest BCUT2D eigenvalue weighted by atomic mass is 9.96. The summed E-state index contributed by atoms with van der Waals surface area (Å²) in [5.41, 5.74) is 0. The number of esters is 1. The van der Waals surface area contributed by atoms with Crippen LogP contribution in [-0.2, 0) is 9.53 Å². The normalized spacial score (nSPS) is 18.2. The fourth-order valence-electron chi connectivity index (χ4n) is 2.50. The Morgan fingerprint density at radius 1 is 1.20 bits per heavy atom. The smallest absolute Gasteiger partial charge is 0.391 e. The molecule has 0 bridgehead atoms. The number of carbonyl (C=O) groups excluding carboxylic acids is 1. The average Bonchev–Trinajstić information content (AvgIpc) is 2.38. The second-order valence-corrected chi connectivity index (χ2v) is 5.27. The van der Waals surface area contributed by atoms with Gasteiger partial charge in [0.15, 0.2) is 0 Å². The molecule has 3 nitrogen and oxygen atoms in total. The van der Waals surface area contributed by atoms with Gasteiger partial charge in [-0.1, -0.05) is 6.42 Å². The molecule has 0 atom stereocenters. The van der Waals surface area contributed by atoms with Gasteiger partial charge in [-0.25, -0.2) is 0 Å². The van der Waals surface area contributed by atoms with Gasteiger partial charge in [-0.3, -0.25) is 4.79 Å². The fourth-order valence-corrected chi connectivity index (χ4v) is 2.50. The zero-order chi connectivity index (χ0) is 15.0. The molecule has 0 N–H and O–H groups in total. The van der Waals surface area contributed by atoms with Crippen LogP contribution in [0.15, 0.2) is 0 Å². The third-order valence-electron chi connectivity index (χ3n) is 3.71. The van der Waals surface area contributed by atoms with Crippen molar-refractivity contribution in [3.8, 4) is 0 Å². The first-order chi connectivity index (χ1) is 9.43. The zero-order valence-electron chi connectivity index (χ0n) is 12.0. The molecule has 1 saturated heterocycles. The fraction of sp³-hybridized carbons (Fsp3) is 0.929. The minimum absolute atomic E-state index is 0.168. The van der Waals surface area contributed by atoms with E-state index in [4.69, 9.17) is 4.74 Å². The van der Waals surface area contributed by atoms with E-state index >= 15 is 0 Å². The second-order valence-electron chi connectivity index (χ2n) is 5.27. The van der Waals surface area contributed by atoms with Gasteiger partial charge in [0.25, 0.3) is 0 Å². The molecule has 0 aliphatic carbocycles. The van der Waals surface area contributed by atoms with Crippen molar-refractivity contribution in [1.82, 2.24) is 4.90 Å². The molecule has 0 spiro atoms. The van der Waals surface area contributed by atoms with Crippen LogP contribution < -0.4 is 0 Å². The maximum absolute atomic E-state index is 12.5. The summed E-state index contributed by atoms with van der Waals surface area (Å²) >= 11 is 0. The summed E-state index contributed by atoms with van der Waals surface area (Å²) in [7, 11) is 0. The molecular formula is C14H24F3NO2. The van der Waals surface area contributed by atoms with E-state index in [1.54, 1.807) is 6.92 Å². The van der Waals surface area contributed by atoms with Gasteiger partial charge in [0, 0.05) is 6.42 Å². The van der Waals surface area contributed by atoms with Gasteiger partial charge < -0.3 is 9.64 Å². The number of alkyl halides is 3. The predicted octanol–water partition coefficient (Wildman–Crippen LogP) is 3.38. The Morgan fingerprint density at radius 2 is 1.85 bits per heavy atom. The molecule has 1 heterocycles. The second kappa shape index (κ2) is 8.49. The molecule has 1 rings (SSSR count). The highest BCUT2D eigenvalue weighted by molar-refractivity contribution is 5.69. The quantitative estimate of drug-likeness (QED) is 0.532. The lowest BCUT2D eigenvalue weighted by Gasteiger charge is -2.32. The van der Waals surface area contributed by atoms with Crippen LogP contribution in [0, 0.1) is 5.92 Å². The van der Waals surface area contributed by atoms with Crippen molar-refractivity contribution in [2.75, 3.05) is 26.2 Å². The van der Waals surface area contributed by atoms with E-state index in [2.05, 4.69) is 4.90 Å². The summed E-state index contributed by atoms with van der Waals surface area (Å²) in [4.78, 5) is 13.2. The lowest BCUT2D eigenvalue weighted by molar-refractivity contribution is -0.185. The van der Waals surface area contributed by atoms with Crippen LogP contribution in [0.3, 0.4) is 0 Å². The van der Waals surface area contributed by atoms with Crippen molar-refractivity contribution in [3.63, 3.8) is 0 Å². The number of carbonyl (C=O) groups is 1. The molecule has 0 aromatic carbocycles. The maximum Gasteiger partial charge on any atom is 0.391 e. The van der Waals surface area contributed by atoms with Crippen molar-refractivity contribution >= 4 is 5.97 Å². The van der Waals surface area contributed by atoms with Crippen molar-refractivity contribution in [3.05, 3.63) is 0 Å². The average molecular weight is 295 g/mol. The number of rotatable bonds is 7. The highest BCUT2D eigenvalue weighted by Crippen LogP contribution is 2.34. The van der Waals surface area contributed by atoms with Crippen LogP contribution in [-0.4, -0.2) is 43.3 Å². The number of hydrogen-bond donors (Lipinski definition) is 0. The van der Waals surface area contributed by atoms with Crippen LogP contribution in [0.1, 0.15) is 45.4 Å². The molecular weight excluding hydrogens is 271 g/mol. The van der Waals surface area contributed by atoms with Gasteiger partial charge in [-0.05, 0) is 52.2 Å². The highest BCUT2D eigenvalue weighted by Gasteiger charge is 2.40. The minimum Gasteiger partial charge on any atom is -0.466 e. The number of likely N-dealkylation sites (tertiary alicyclic amines) is 1. The Hall–Kier alpha value is -0.780. The molecule has 0 aromatic rings. The minimum atomic E-state index is -4.04. The molecule has 0 amide bonds. The Morgan fingerprint density at radius 3 is 2.40 bits per heavy atom. The Labute approximate surface area is 118 Å². The Balaban J connectivity index is 2.03. The first kappa shape index (κ1) is 17.3. The summed E-state index contributed by atoms with van der Waals surface area (Å²) < 4.78 is 42.3. The molecule has 118 valence electrons. The van der Waals surface area contributed by atoms with Gasteiger partial charge in [-0.2, -0.15) is 13.2 Å². The van der Waals surface area contributed by atoms with E-state index < -0.39 is 12.1 Å². The van der Waals surface area contributed by atoms with Crippen LogP contribution in [0.4, 0.5) is 13.2 Å². The van der Waals surface area contributed by atoms with Crippen molar-refractivity contribution in [2.24, 2.45) is 5.92 Å². The van der Waals surface area contributed by atoms with Gasteiger partial charge >= 0.3 is 12.1 Å². The van der Waals surface area contributed by atoms with E-state index in [9.17, 15) is 18.0 Å². The van der Waals surface area contributed by atoms with Gasteiger partial charge in [0.2, 0.25) is 0 Å². The van der Waals surface area contributed by atoms with Gasteiger partial charge in [0.1, 0.15) is 0 Å². The standard InChI is InChI=1S/C14H24F3NO2/c1-2-20-13(19)6-4-3-5-9-18-10-7-12(8-11-18)14(15,16)17/h12H,2-11H2,1H3. The molecule has 1 aliphatic rings. The monoisotopic (exact) mass is 295 g/mol. The molecule has 0 unspecified atom stereocenters. The van der Waals surface area contributed by atoms with Crippen LogP contribution in [0.5, 0.6) is 0 Å². The van der Waals surface area contributed by atoms with E-state index in [0.29, 0.717) is 26.1 Å². The molecule has 1 aliphatic heterocycles. The van der Waals surface area contributed by atoms with Crippen LogP contribution in [0.2, 0.25) is 0 Å². The summed E-state index contributed by atoms with van der Waals surface area (Å²) in [6.07, 6.45) is -0.541. The van der Waals surface area contributed by atoms with E-state index in [1.165, 1.54) is 0 Å². The SMILES string of the molecule is CCOC(=O)CCCCCN1CCC(C(F)(F)F)CC1. The third-order valence-corrected chi connectivity index (χ3v) is 3.71. The Kier molecular flexibility index (Phi) is 7.34. The molecule has 20 heavy (non-hydrogen) atoms. The first-order valence-corrected chi connectivity index (χ1v) is 7.38. The summed E-state index contributed by atoms with van der Waals surface area (Å²) in [5, 5.41) is 0. The third kappa shape index (κ3) is 6.59. The number of nitrogens with zero attached hydrogens (tertiary/aromatic N) is 1. The topological polar surface area (TPSA) is 29.5 Å². The first-order valence-electron chi connectivity index (χ1n) is 7.38. The van der Waals surface area contributed by atoms with E-state index in [0.717, 1.165) is 25.8 Å². The Bertz CT molecular complexity index is 287. The maximum atomic E-state index is 12.5. The molecule has 0 saturated carbocycles. The van der Waals surface area contributed by atoms with Crippen LogP contribution >= 0.6 is 0 Å². The van der Waals surface area contributed by atoms with Gasteiger partial charge in [0.05, 0.1) is 12.5 Å². The van der Waals surface area contributed by atoms with Crippen molar-refractivity contribution < 1.29 is 22.7 Å². The number of piperidine rings is 1. The number of unbranched alkanes of at least 4 members (excludes halogenated alkanes) is 2. The number of ether oxygens (including phenoxy) is 1. The van der Waals surface area contributed by atoms with Crippen LogP contribution in [0.25, 0.3) is 0 Å². The number of halogens is 3. The summed E-state index contributed by atoms with van der Waals surface area (Å²) in [6, 6.07) is 0. The molecule has 0 aromatic heterocycles. The summed E-state index contributed by atoms with van der Waals surface area (Å²) in [5.74, 6) is -1.29. The van der Waals surface area contributed by atoms with Crippen molar-refractivity contribution in [2.45, 2.75) is 51.6 Å². The highest BCUT2D eigenvalue weighted by atomic mass is 19.4.